The molecule has 0 unspecified atom stereocenters. The van der Waals surface area contributed by atoms with Crippen LogP contribution in [-0.2, 0) is 16.1 Å². The molecule has 1 amide bonds. The number of nitrogens with zero attached hydrogens (tertiary/aromatic N) is 3. The number of carbonyl (C=O) groups is 1. The molecule has 0 radical (unpaired) electrons. The van der Waals surface area contributed by atoms with Crippen molar-refractivity contribution in [1.82, 2.24) is 14.9 Å². The molecule has 5 nitrogen and oxygen atoms in total. The zero-order valence-corrected chi connectivity index (χ0v) is 12.2. The van der Waals surface area contributed by atoms with E-state index in [1.54, 1.807) is 11.1 Å². The van der Waals surface area contributed by atoms with Gasteiger partial charge in [0.1, 0.15) is 0 Å². The van der Waals surface area contributed by atoms with Gasteiger partial charge < -0.3 is 9.64 Å². The summed E-state index contributed by atoms with van der Waals surface area (Å²) in [4.78, 5) is 22.8. The van der Waals surface area contributed by atoms with Crippen molar-refractivity contribution < 1.29 is 9.53 Å². The summed E-state index contributed by atoms with van der Waals surface area (Å²) < 4.78 is 5.31. The van der Waals surface area contributed by atoms with Crippen molar-refractivity contribution in [2.75, 3.05) is 20.3 Å². The molecular formula is C16H19N3O2. The second-order valence-electron chi connectivity index (χ2n) is 5.53. The van der Waals surface area contributed by atoms with Gasteiger partial charge in [-0.1, -0.05) is 12.1 Å². The molecule has 1 saturated heterocycles. The van der Waals surface area contributed by atoms with Crippen molar-refractivity contribution in [3.63, 3.8) is 0 Å². The number of hydrogen-bond acceptors (Lipinski definition) is 4. The number of amides is 1. The largest absolute Gasteiger partial charge is 0.381 e. The lowest BCUT2D eigenvalue weighted by Crippen LogP contribution is -2.28. The predicted molar refractivity (Wildman–Crippen MR) is 79.6 cm³/mol. The third-order valence-electron chi connectivity index (χ3n) is 3.81. The fraction of sp³-hybridized carbons (Fsp3) is 0.438. The SMILES string of the molecule is CN(Cc1cnc2ccccc2n1)C(=O)C[C@@H]1CCOC1. The normalized spacial score (nSPS) is 18.0. The van der Waals surface area contributed by atoms with E-state index in [0.717, 1.165) is 29.8 Å². The zero-order chi connectivity index (χ0) is 14.7. The van der Waals surface area contributed by atoms with Crippen LogP contribution in [0, 0.1) is 5.92 Å². The maximum Gasteiger partial charge on any atom is 0.223 e. The van der Waals surface area contributed by atoms with Gasteiger partial charge in [-0.05, 0) is 24.5 Å². The van der Waals surface area contributed by atoms with Gasteiger partial charge in [-0.2, -0.15) is 0 Å². The van der Waals surface area contributed by atoms with E-state index in [0.29, 0.717) is 25.5 Å². The molecule has 2 heterocycles. The topological polar surface area (TPSA) is 55.3 Å². The first-order valence-electron chi connectivity index (χ1n) is 7.25. The van der Waals surface area contributed by atoms with Crippen LogP contribution in [0.4, 0.5) is 0 Å². The summed E-state index contributed by atoms with van der Waals surface area (Å²) in [5.74, 6) is 0.503. The van der Waals surface area contributed by atoms with E-state index in [4.69, 9.17) is 4.74 Å². The van der Waals surface area contributed by atoms with Crippen molar-refractivity contribution >= 4 is 16.9 Å². The van der Waals surface area contributed by atoms with Crippen molar-refractivity contribution in [2.24, 2.45) is 5.92 Å². The van der Waals surface area contributed by atoms with Crippen molar-refractivity contribution in [3.05, 3.63) is 36.2 Å². The lowest BCUT2D eigenvalue weighted by molar-refractivity contribution is -0.131. The zero-order valence-electron chi connectivity index (χ0n) is 12.2. The van der Waals surface area contributed by atoms with Crippen LogP contribution in [0.5, 0.6) is 0 Å². The van der Waals surface area contributed by atoms with Gasteiger partial charge in [-0.3, -0.25) is 9.78 Å². The van der Waals surface area contributed by atoms with E-state index < -0.39 is 0 Å². The lowest BCUT2D eigenvalue weighted by atomic mass is 10.0. The van der Waals surface area contributed by atoms with Crippen LogP contribution in [0.3, 0.4) is 0 Å². The van der Waals surface area contributed by atoms with Gasteiger partial charge in [0.2, 0.25) is 5.91 Å². The molecule has 0 spiro atoms. The second kappa shape index (κ2) is 6.18. The van der Waals surface area contributed by atoms with Gasteiger partial charge in [-0.15, -0.1) is 0 Å². The molecule has 0 aliphatic carbocycles. The first-order valence-corrected chi connectivity index (χ1v) is 7.25. The fourth-order valence-corrected chi connectivity index (χ4v) is 2.55. The van der Waals surface area contributed by atoms with Crippen molar-refractivity contribution in [2.45, 2.75) is 19.4 Å². The van der Waals surface area contributed by atoms with Gasteiger partial charge in [0, 0.05) is 26.7 Å². The molecule has 0 bridgehead atoms. The number of rotatable bonds is 4. The number of carbonyl (C=O) groups excluding carboxylic acids is 1. The lowest BCUT2D eigenvalue weighted by Gasteiger charge is -2.18. The van der Waals surface area contributed by atoms with Crippen LogP contribution >= 0.6 is 0 Å². The molecule has 110 valence electrons. The van der Waals surface area contributed by atoms with Gasteiger partial charge in [-0.25, -0.2) is 4.98 Å². The molecule has 1 aliphatic rings. The quantitative estimate of drug-likeness (QED) is 0.862. The number of para-hydroxylation sites is 2. The molecular weight excluding hydrogens is 266 g/mol. The van der Waals surface area contributed by atoms with E-state index in [-0.39, 0.29) is 5.91 Å². The average Bonchev–Trinajstić information content (AvgIpc) is 3.00. The highest BCUT2D eigenvalue weighted by Crippen LogP contribution is 2.18. The molecule has 2 aromatic rings. The minimum absolute atomic E-state index is 0.139. The summed E-state index contributed by atoms with van der Waals surface area (Å²) in [6, 6.07) is 7.75. The van der Waals surface area contributed by atoms with E-state index in [2.05, 4.69) is 9.97 Å². The first-order chi connectivity index (χ1) is 10.2. The van der Waals surface area contributed by atoms with E-state index in [1.165, 1.54) is 0 Å². The number of aromatic nitrogens is 2. The minimum Gasteiger partial charge on any atom is -0.381 e. The number of hydrogen-bond donors (Lipinski definition) is 0. The Morgan fingerprint density at radius 1 is 1.38 bits per heavy atom. The Balaban J connectivity index is 1.64. The molecule has 3 rings (SSSR count). The highest BCUT2D eigenvalue weighted by Gasteiger charge is 2.21. The predicted octanol–water partition coefficient (Wildman–Crippen LogP) is 2.01. The van der Waals surface area contributed by atoms with Crippen LogP contribution in [0.2, 0.25) is 0 Å². The second-order valence-corrected chi connectivity index (χ2v) is 5.53. The molecule has 0 saturated carbocycles. The van der Waals surface area contributed by atoms with Crippen LogP contribution in [0.15, 0.2) is 30.5 Å². The smallest absolute Gasteiger partial charge is 0.223 e. The van der Waals surface area contributed by atoms with Gasteiger partial charge in [0.25, 0.3) is 0 Å². The van der Waals surface area contributed by atoms with Crippen LogP contribution in [0.1, 0.15) is 18.5 Å². The number of benzene rings is 1. The average molecular weight is 285 g/mol. The standard InChI is InChI=1S/C16H19N3O2/c1-19(16(20)8-12-6-7-21-11-12)10-13-9-17-14-4-2-3-5-15(14)18-13/h2-5,9,12H,6-8,10-11H2,1H3/t12-/m0/s1. The first kappa shape index (κ1) is 13.9. The monoisotopic (exact) mass is 285 g/mol. The van der Waals surface area contributed by atoms with Gasteiger partial charge in [0.05, 0.1) is 29.5 Å². The summed E-state index contributed by atoms with van der Waals surface area (Å²) in [5.41, 5.74) is 2.55. The van der Waals surface area contributed by atoms with E-state index in [1.807, 2.05) is 31.3 Å². The van der Waals surface area contributed by atoms with Crippen molar-refractivity contribution in [1.29, 1.82) is 0 Å². The molecule has 5 heteroatoms. The molecule has 1 aliphatic heterocycles. The minimum atomic E-state index is 0.139. The van der Waals surface area contributed by atoms with Crippen LogP contribution < -0.4 is 0 Å². The number of ether oxygens (including phenoxy) is 1. The molecule has 1 aromatic heterocycles. The Labute approximate surface area is 124 Å². The van der Waals surface area contributed by atoms with Gasteiger partial charge >= 0.3 is 0 Å². The van der Waals surface area contributed by atoms with E-state index in [9.17, 15) is 4.79 Å². The molecule has 1 fully saturated rings. The Morgan fingerprint density at radius 3 is 2.95 bits per heavy atom. The Kier molecular flexibility index (Phi) is 4.10. The number of fused-ring (bicyclic) bond motifs is 1. The summed E-state index contributed by atoms with van der Waals surface area (Å²) in [6.45, 7) is 1.97. The Bertz CT molecular complexity index is 638. The maximum absolute atomic E-state index is 12.2. The molecule has 1 aromatic carbocycles. The van der Waals surface area contributed by atoms with Crippen molar-refractivity contribution in [3.8, 4) is 0 Å². The third kappa shape index (κ3) is 3.36. The maximum atomic E-state index is 12.2. The van der Waals surface area contributed by atoms with Gasteiger partial charge in [0.15, 0.2) is 0 Å². The Hall–Kier alpha value is -2.01. The summed E-state index contributed by atoms with van der Waals surface area (Å²) in [6.07, 6.45) is 3.28. The molecule has 21 heavy (non-hydrogen) atoms. The highest BCUT2D eigenvalue weighted by atomic mass is 16.5. The molecule has 1 atom stereocenters. The van der Waals surface area contributed by atoms with Crippen LogP contribution in [-0.4, -0.2) is 41.0 Å². The highest BCUT2D eigenvalue weighted by molar-refractivity contribution is 5.76. The molecule has 0 N–H and O–H groups in total. The summed E-state index contributed by atoms with van der Waals surface area (Å²) >= 11 is 0. The third-order valence-corrected chi connectivity index (χ3v) is 3.81. The van der Waals surface area contributed by atoms with E-state index >= 15 is 0 Å². The fourth-order valence-electron chi connectivity index (χ4n) is 2.55. The van der Waals surface area contributed by atoms with Crippen LogP contribution in [0.25, 0.3) is 11.0 Å². The summed E-state index contributed by atoms with van der Waals surface area (Å²) in [5, 5.41) is 0. The Morgan fingerprint density at radius 2 is 2.19 bits per heavy atom. The summed E-state index contributed by atoms with van der Waals surface area (Å²) in [7, 11) is 1.81.